The molecule has 3 aliphatic heterocycles. The number of halogens is 2. The van der Waals surface area contributed by atoms with Gasteiger partial charge in [0.25, 0.3) is 0 Å². The number of hydrogen-bond donors (Lipinski definition) is 0. The van der Waals surface area contributed by atoms with E-state index in [-0.39, 0.29) is 6.04 Å². The van der Waals surface area contributed by atoms with Crippen LogP contribution in [0.5, 0.6) is 5.75 Å². The Kier molecular flexibility index (Phi) is 5.44. The first kappa shape index (κ1) is 21.2. The molecule has 0 amide bonds. The minimum Gasteiger partial charge on any atom is -0.466 e. The molecule has 3 heterocycles. The minimum atomic E-state index is -0.410. The average molecular weight is 523 g/mol. The largest absolute Gasteiger partial charge is 0.466 e. The van der Waals surface area contributed by atoms with Crippen molar-refractivity contribution in [3.05, 3.63) is 99.0 Å². The third-order valence-corrected chi connectivity index (χ3v) is 7.77. The molecule has 3 aromatic rings. The topological polar surface area (TPSA) is 28.1 Å². The summed E-state index contributed by atoms with van der Waals surface area (Å²) in [4.78, 5) is 2.52. The minimum absolute atomic E-state index is 0.178. The van der Waals surface area contributed by atoms with Crippen LogP contribution in [-0.4, -0.2) is 34.4 Å². The molecule has 1 saturated heterocycles. The molecular formula is C27H25BrClN3O. The van der Waals surface area contributed by atoms with E-state index in [9.17, 15) is 0 Å². The third-order valence-electron chi connectivity index (χ3n) is 7.02. The lowest BCUT2D eigenvalue weighted by molar-refractivity contribution is -0.150. The molecule has 168 valence electrons. The van der Waals surface area contributed by atoms with Gasteiger partial charge in [0.2, 0.25) is 5.72 Å². The highest BCUT2D eigenvalue weighted by Crippen LogP contribution is 2.50. The van der Waals surface area contributed by atoms with Gasteiger partial charge in [0.05, 0.1) is 11.8 Å². The fraction of sp³-hybridized carbons (Fsp3) is 0.296. The van der Waals surface area contributed by atoms with Crippen molar-refractivity contribution >= 4 is 33.2 Å². The molecule has 0 aromatic heterocycles. The number of rotatable bonds is 3. The van der Waals surface area contributed by atoms with Crippen LogP contribution in [0.4, 0.5) is 0 Å². The Morgan fingerprint density at radius 3 is 2.52 bits per heavy atom. The van der Waals surface area contributed by atoms with Gasteiger partial charge in [0.15, 0.2) is 0 Å². The van der Waals surface area contributed by atoms with E-state index < -0.39 is 5.72 Å². The summed E-state index contributed by atoms with van der Waals surface area (Å²) in [6.45, 7) is 2.94. The van der Waals surface area contributed by atoms with Gasteiger partial charge in [-0.1, -0.05) is 70.0 Å². The van der Waals surface area contributed by atoms with Crippen LogP contribution in [0.1, 0.15) is 42.0 Å². The summed E-state index contributed by atoms with van der Waals surface area (Å²) in [5.74, 6) is 0.989. The Morgan fingerprint density at radius 2 is 1.76 bits per heavy atom. The summed E-state index contributed by atoms with van der Waals surface area (Å²) in [6.07, 6.45) is 2.70. The molecule has 6 heteroatoms. The lowest BCUT2D eigenvalue weighted by Crippen LogP contribution is -2.59. The van der Waals surface area contributed by atoms with Gasteiger partial charge in [-0.15, -0.1) is 0 Å². The third kappa shape index (κ3) is 3.96. The second kappa shape index (κ2) is 8.46. The highest BCUT2D eigenvalue weighted by atomic mass is 79.9. The summed E-state index contributed by atoms with van der Waals surface area (Å²) in [5.41, 5.74) is 4.37. The van der Waals surface area contributed by atoms with Crippen LogP contribution in [0.25, 0.3) is 0 Å². The highest BCUT2D eigenvalue weighted by molar-refractivity contribution is 9.10. The lowest BCUT2D eigenvalue weighted by atomic mass is 9.90. The van der Waals surface area contributed by atoms with Gasteiger partial charge in [-0.2, -0.15) is 5.10 Å². The van der Waals surface area contributed by atoms with Crippen molar-refractivity contribution < 1.29 is 4.74 Å². The first-order chi connectivity index (χ1) is 16.1. The molecule has 0 aliphatic carbocycles. The van der Waals surface area contributed by atoms with Gasteiger partial charge in [-0.25, -0.2) is 5.01 Å². The van der Waals surface area contributed by atoms with Gasteiger partial charge in [-0.05, 0) is 41.5 Å². The maximum Gasteiger partial charge on any atom is 0.200 e. The summed E-state index contributed by atoms with van der Waals surface area (Å²) in [5, 5.41) is 8.19. The number of benzene rings is 3. The predicted octanol–water partition coefficient (Wildman–Crippen LogP) is 6.64. The van der Waals surface area contributed by atoms with Crippen LogP contribution in [0, 0.1) is 0 Å². The first-order valence-corrected chi connectivity index (χ1v) is 12.6. The zero-order valence-corrected chi connectivity index (χ0v) is 20.6. The molecule has 0 N–H and O–H groups in total. The molecule has 0 bridgehead atoms. The summed E-state index contributed by atoms with van der Waals surface area (Å²) in [7, 11) is 0. The molecule has 1 spiro atoms. The van der Waals surface area contributed by atoms with Crippen molar-refractivity contribution in [1.82, 2.24) is 9.91 Å². The molecule has 3 aromatic carbocycles. The fourth-order valence-electron chi connectivity index (χ4n) is 5.30. The van der Waals surface area contributed by atoms with Gasteiger partial charge in [-0.3, -0.25) is 4.90 Å². The normalized spacial score (nSPS) is 21.3. The maximum atomic E-state index is 6.78. The van der Waals surface area contributed by atoms with E-state index in [4.69, 9.17) is 21.4 Å². The summed E-state index contributed by atoms with van der Waals surface area (Å²) in [6, 6.07) is 25.3. The molecule has 0 radical (unpaired) electrons. The van der Waals surface area contributed by atoms with E-state index in [1.807, 2.05) is 12.1 Å². The van der Waals surface area contributed by atoms with Crippen LogP contribution < -0.4 is 4.74 Å². The predicted molar refractivity (Wildman–Crippen MR) is 136 cm³/mol. The first-order valence-electron chi connectivity index (χ1n) is 11.5. The van der Waals surface area contributed by atoms with E-state index in [2.05, 4.69) is 86.5 Å². The Bertz CT molecular complexity index is 1190. The molecule has 6 rings (SSSR count). The van der Waals surface area contributed by atoms with Crippen LogP contribution in [0.3, 0.4) is 0 Å². The van der Waals surface area contributed by atoms with E-state index in [0.29, 0.717) is 0 Å². The quantitative estimate of drug-likeness (QED) is 0.386. The van der Waals surface area contributed by atoms with Crippen molar-refractivity contribution in [1.29, 1.82) is 0 Å². The maximum absolute atomic E-state index is 6.78. The molecule has 0 unspecified atom stereocenters. The SMILES string of the molecule is Clc1ccc(C2=NN3[C@H](C2)c2cc(Br)ccc2OC32CCN(Cc3ccccc3)CC2)cc1. The van der Waals surface area contributed by atoms with Crippen molar-refractivity contribution in [2.75, 3.05) is 13.1 Å². The molecule has 4 nitrogen and oxygen atoms in total. The van der Waals surface area contributed by atoms with Gasteiger partial charge < -0.3 is 4.74 Å². The molecule has 1 atom stereocenters. The second-order valence-electron chi connectivity index (χ2n) is 9.11. The Hall–Kier alpha value is -2.34. The van der Waals surface area contributed by atoms with Gasteiger partial charge in [0.1, 0.15) is 5.75 Å². The van der Waals surface area contributed by atoms with Crippen molar-refractivity contribution in [2.45, 2.75) is 37.6 Å². The molecule has 3 aliphatic rings. The molecule has 0 saturated carbocycles. The molecular weight excluding hydrogens is 498 g/mol. The number of hydrogen-bond acceptors (Lipinski definition) is 4. The fourth-order valence-corrected chi connectivity index (χ4v) is 5.81. The van der Waals surface area contributed by atoms with E-state index in [0.717, 1.165) is 65.4 Å². The van der Waals surface area contributed by atoms with Crippen molar-refractivity contribution in [2.24, 2.45) is 5.10 Å². The Labute approximate surface area is 207 Å². The lowest BCUT2D eigenvalue weighted by Gasteiger charge is -2.51. The van der Waals surface area contributed by atoms with Crippen LogP contribution in [0.15, 0.2) is 82.4 Å². The number of ether oxygens (including phenoxy) is 1. The van der Waals surface area contributed by atoms with Crippen LogP contribution in [-0.2, 0) is 6.54 Å². The zero-order valence-electron chi connectivity index (χ0n) is 18.3. The van der Waals surface area contributed by atoms with E-state index >= 15 is 0 Å². The monoisotopic (exact) mass is 521 g/mol. The number of hydrazone groups is 1. The number of likely N-dealkylation sites (tertiary alicyclic amines) is 1. The molecule has 1 fully saturated rings. The highest BCUT2D eigenvalue weighted by Gasteiger charge is 2.51. The number of fused-ring (bicyclic) bond motifs is 4. The summed E-state index contributed by atoms with van der Waals surface area (Å²) < 4.78 is 7.85. The number of nitrogens with zero attached hydrogens (tertiary/aromatic N) is 3. The van der Waals surface area contributed by atoms with Crippen LogP contribution in [0.2, 0.25) is 5.02 Å². The van der Waals surface area contributed by atoms with Gasteiger partial charge in [0, 0.05) is 54.0 Å². The Morgan fingerprint density at radius 1 is 1.00 bits per heavy atom. The van der Waals surface area contributed by atoms with Crippen LogP contribution >= 0.6 is 27.5 Å². The Balaban J connectivity index is 1.31. The smallest absolute Gasteiger partial charge is 0.200 e. The van der Waals surface area contributed by atoms with E-state index in [1.54, 1.807) is 0 Å². The van der Waals surface area contributed by atoms with Crippen molar-refractivity contribution in [3.8, 4) is 5.75 Å². The number of piperidine rings is 1. The second-order valence-corrected chi connectivity index (χ2v) is 10.5. The summed E-state index contributed by atoms with van der Waals surface area (Å²) >= 11 is 9.78. The van der Waals surface area contributed by atoms with Crippen molar-refractivity contribution in [3.63, 3.8) is 0 Å². The van der Waals surface area contributed by atoms with Gasteiger partial charge >= 0.3 is 0 Å². The standard InChI is InChI=1S/C27H25BrClN3O/c28-21-8-11-26-23(16-21)25-17-24(20-6-9-22(29)10-7-20)30-32(25)27(33-26)12-14-31(15-13-27)18-19-4-2-1-3-5-19/h1-11,16,25H,12-15,17-18H2/t25-/m1/s1. The zero-order chi connectivity index (χ0) is 22.4. The van der Waals surface area contributed by atoms with E-state index in [1.165, 1.54) is 11.1 Å². The molecule has 33 heavy (non-hydrogen) atoms. The average Bonchev–Trinajstić information content (AvgIpc) is 3.29.